The molecule has 2 unspecified atom stereocenters. The van der Waals surface area contributed by atoms with Gasteiger partial charge in [0.25, 0.3) is 0 Å². The molecule has 9 aromatic carbocycles. The molecule has 1 nitrogen and oxygen atoms in total. The van der Waals surface area contributed by atoms with Crippen molar-refractivity contribution in [1.82, 2.24) is 0 Å². The normalized spacial score (nSPS) is 14.7. The van der Waals surface area contributed by atoms with E-state index < -0.39 is 11.0 Å². The summed E-state index contributed by atoms with van der Waals surface area (Å²) >= 11 is 0. The Hall–Kier alpha value is -6.18. The van der Waals surface area contributed by atoms with Crippen molar-refractivity contribution in [3.8, 4) is 11.1 Å². The Morgan fingerprint density at radius 3 is 1.74 bits per heavy atom. The Labute approximate surface area is 344 Å². The van der Waals surface area contributed by atoms with Gasteiger partial charge in [0.2, 0.25) is 0 Å². The molecule has 2 atom stereocenters. The molecule has 0 bridgehead atoms. The highest BCUT2D eigenvalue weighted by Crippen LogP contribution is 2.58. The topological polar surface area (TPSA) is 3.24 Å². The summed E-state index contributed by atoms with van der Waals surface area (Å²) in [4.78, 5) is 2.64. The first kappa shape index (κ1) is 36.2. The summed E-state index contributed by atoms with van der Waals surface area (Å²) in [5.74, 6) is 0.464. The van der Waals surface area contributed by atoms with Crippen LogP contribution >= 0.6 is 0 Å². The van der Waals surface area contributed by atoms with Crippen LogP contribution in [0, 0.1) is 13.8 Å². The standard InChI is InChI=1S/C57H51N/c1-7-39(5)43-24-31-48-49-33-30-46(36-52(49)57(51(48)35-43,44-26-17-37(3)18-27-44)45-28-19-38(4)20-29-45)56(6,8-2)58(47-15-10-9-11-16-47)53-34-25-42-22-21-40-13-12-14-41-23-32-50(53)55(42)54(40)41/h9-36,39H,7-8H2,1-6H3. The SMILES string of the molecule is CCC(C)c1ccc2c(c1)C(c1ccc(C)cc1)(c1ccc(C)cc1)c1cc(C(C)(CC)N(c3ccccc3)c3ccc4ccc5cccc6ccc3c4c56)ccc1-2. The molecule has 0 radical (unpaired) electrons. The van der Waals surface area contributed by atoms with Crippen LogP contribution in [-0.2, 0) is 11.0 Å². The number of fused-ring (bicyclic) bond motifs is 3. The maximum absolute atomic E-state index is 2.64. The van der Waals surface area contributed by atoms with Gasteiger partial charge in [-0.15, -0.1) is 0 Å². The summed E-state index contributed by atoms with van der Waals surface area (Å²) in [7, 11) is 0. The highest BCUT2D eigenvalue weighted by atomic mass is 15.2. The molecule has 1 aliphatic rings. The molecule has 284 valence electrons. The Balaban J connectivity index is 1.26. The van der Waals surface area contributed by atoms with Crippen LogP contribution in [0.25, 0.3) is 43.4 Å². The third kappa shape index (κ3) is 5.29. The summed E-state index contributed by atoms with van der Waals surface area (Å²) in [6.45, 7) is 13.9. The fourth-order valence-corrected chi connectivity index (χ4v) is 10.3. The van der Waals surface area contributed by atoms with Gasteiger partial charge in [0, 0.05) is 16.8 Å². The zero-order valence-corrected chi connectivity index (χ0v) is 34.6. The van der Waals surface area contributed by atoms with E-state index in [4.69, 9.17) is 0 Å². The summed E-state index contributed by atoms with van der Waals surface area (Å²) in [6.07, 6.45) is 2.00. The first-order valence-electron chi connectivity index (χ1n) is 21.2. The zero-order valence-electron chi connectivity index (χ0n) is 34.6. The molecule has 0 amide bonds. The highest BCUT2D eigenvalue weighted by molar-refractivity contribution is 6.25. The van der Waals surface area contributed by atoms with E-state index in [0.717, 1.165) is 12.8 Å². The minimum atomic E-state index is -0.495. The minimum absolute atomic E-state index is 0.414. The monoisotopic (exact) mass is 749 g/mol. The van der Waals surface area contributed by atoms with Crippen LogP contribution in [-0.4, -0.2) is 0 Å². The van der Waals surface area contributed by atoms with Crippen molar-refractivity contribution >= 4 is 43.7 Å². The van der Waals surface area contributed by atoms with E-state index in [1.165, 1.54) is 99.3 Å². The molecule has 1 heteroatoms. The van der Waals surface area contributed by atoms with Gasteiger partial charge in [-0.05, 0) is 129 Å². The smallest absolute Gasteiger partial charge is 0.0713 e. The van der Waals surface area contributed by atoms with E-state index in [1.807, 2.05) is 0 Å². The van der Waals surface area contributed by atoms with E-state index in [2.05, 4.69) is 216 Å². The molecule has 0 saturated heterocycles. The lowest BCUT2D eigenvalue weighted by Crippen LogP contribution is -2.41. The average Bonchev–Trinajstić information content (AvgIpc) is 3.56. The molecule has 0 spiro atoms. The Kier molecular flexibility index (Phi) is 8.57. The van der Waals surface area contributed by atoms with Crippen LogP contribution < -0.4 is 4.90 Å². The molecule has 0 heterocycles. The van der Waals surface area contributed by atoms with Crippen molar-refractivity contribution < 1.29 is 0 Å². The summed E-state index contributed by atoms with van der Waals surface area (Å²) in [6, 6.07) is 65.2. The van der Waals surface area contributed by atoms with E-state index in [0.29, 0.717) is 5.92 Å². The number of aryl methyl sites for hydroxylation is 2. The summed E-state index contributed by atoms with van der Waals surface area (Å²) in [5.41, 5.74) is 14.8. The largest absolute Gasteiger partial charge is 0.331 e. The maximum atomic E-state index is 2.64. The number of nitrogens with zero attached hydrogens (tertiary/aromatic N) is 1. The van der Waals surface area contributed by atoms with Gasteiger partial charge in [-0.25, -0.2) is 0 Å². The van der Waals surface area contributed by atoms with Crippen LogP contribution in [0.4, 0.5) is 11.4 Å². The molecule has 0 aromatic heterocycles. The molecule has 1 aliphatic carbocycles. The third-order valence-corrected chi connectivity index (χ3v) is 13.9. The second kappa shape index (κ2) is 13.7. The van der Waals surface area contributed by atoms with Crippen LogP contribution in [0.1, 0.15) is 91.0 Å². The molecular formula is C57H51N. The molecule has 58 heavy (non-hydrogen) atoms. The van der Waals surface area contributed by atoms with Gasteiger partial charge in [-0.2, -0.15) is 0 Å². The lowest BCUT2D eigenvalue weighted by molar-refractivity contribution is 0.464. The van der Waals surface area contributed by atoms with Gasteiger partial charge in [-0.1, -0.05) is 184 Å². The number of hydrogen-bond acceptors (Lipinski definition) is 1. The van der Waals surface area contributed by atoms with Gasteiger partial charge in [0.05, 0.1) is 11.0 Å². The molecular weight excluding hydrogens is 699 g/mol. The highest BCUT2D eigenvalue weighted by Gasteiger charge is 2.47. The van der Waals surface area contributed by atoms with Crippen molar-refractivity contribution in [1.29, 1.82) is 0 Å². The lowest BCUT2D eigenvalue weighted by Gasteiger charge is -2.44. The van der Waals surface area contributed by atoms with Crippen molar-refractivity contribution in [2.24, 2.45) is 0 Å². The van der Waals surface area contributed by atoms with Crippen LogP contribution in [0.2, 0.25) is 0 Å². The fourth-order valence-electron chi connectivity index (χ4n) is 10.3. The number of rotatable bonds is 9. The van der Waals surface area contributed by atoms with Crippen LogP contribution in [0.15, 0.2) is 170 Å². The van der Waals surface area contributed by atoms with Gasteiger partial charge in [-0.3, -0.25) is 0 Å². The van der Waals surface area contributed by atoms with Crippen molar-refractivity contribution in [3.05, 3.63) is 214 Å². The number of benzene rings is 9. The zero-order chi connectivity index (χ0) is 39.8. The Morgan fingerprint density at radius 2 is 1.12 bits per heavy atom. The van der Waals surface area contributed by atoms with Gasteiger partial charge in [0.15, 0.2) is 0 Å². The first-order chi connectivity index (χ1) is 28.3. The van der Waals surface area contributed by atoms with Crippen LogP contribution in [0.3, 0.4) is 0 Å². The number of anilines is 2. The van der Waals surface area contributed by atoms with Gasteiger partial charge in [0.1, 0.15) is 0 Å². The predicted octanol–water partition coefficient (Wildman–Crippen LogP) is 15.5. The van der Waals surface area contributed by atoms with Crippen molar-refractivity contribution in [2.45, 2.75) is 71.3 Å². The summed E-state index contributed by atoms with van der Waals surface area (Å²) in [5, 5.41) is 7.82. The number of hydrogen-bond donors (Lipinski definition) is 0. The molecule has 0 saturated carbocycles. The summed E-state index contributed by atoms with van der Waals surface area (Å²) < 4.78 is 0. The van der Waals surface area contributed by atoms with Crippen molar-refractivity contribution in [3.63, 3.8) is 0 Å². The molecule has 0 fully saturated rings. The molecule has 10 rings (SSSR count). The quantitative estimate of drug-likeness (QED) is 0.133. The first-order valence-corrected chi connectivity index (χ1v) is 21.2. The molecule has 0 aliphatic heterocycles. The van der Waals surface area contributed by atoms with E-state index in [9.17, 15) is 0 Å². The minimum Gasteiger partial charge on any atom is -0.331 e. The van der Waals surface area contributed by atoms with Gasteiger partial charge >= 0.3 is 0 Å². The fraction of sp³-hybridized carbons (Fsp3) is 0.193. The van der Waals surface area contributed by atoms with Gasteiger partial charge < -0.3 is 4.90 Å². The average molecular weight is 750 g/mol. The van der Waals surface area contributed by atoms with Crippen molar-refractivity contribution in [2.75, 3.05) is 4.90 Å². The maximum Gasteiger partial charge on any atom is 0.0713 e. The second-order valence-electron chi connectivity index (χ2n) is 17.1. The van der Waals surface area contributed by atoms with E-state index in [-0.39, 0.29) is 0 Å². The number of para-hydroxylation sites is 1. The van der Waals surface area contributed by atoms with E-state index >= 15 is 0 Å². The van der Waals surface area contributed by atoms with Crippen LogP contribution in [0.5, 0.6) is 0 Å². The third-order valence-electron chi connectivity index (χ3n) is 13.9. The Bertz CT molecular complexity index is 2890. The lowest BCUT2D eigenvalue weighted by atomic mass is 9.66. The molecule has 0 N–H and O–H groups in total. The Morgan fingerprint density at radius 1 is 0.552 bits per heavy atom. The molecule has 9 aromatic rings. The second-order valence-corrected chi connectivity index (χ2v) is 17.1. The predicted molar refractivity (Wildman–Crippen MR) is 248 cm³/mol. The van der Waals surface area contributed by atoms with E-state index in [1.54, 1.807) is 0 Å².